The minimum absolute atomic E-state index is 0. The van der Waals surface area contributed by atoms with Crippen LogP contribution in [0.25, 0.3) is 10.9 Å². The molecule has 8 nitrogen and oxygen atoms in total. The molecule has 3 aromatic rings. The van der Waals surface area contributed by atoms with Crippen molar-refractivity contribution in [2.75, 3.05) is 42.3 Å². The number of nitrogens with zero attached hydrogens (tertiary/aromatic N) is 3. The summed E-state index contributed by atoms with van der Waals surface area (Å²) in [7, 11) is -3.96. The van der Waals surface area contributed by atoms with Gasteiger partial charge in [-0.3, -0.25) is 4.72 Å². The number of likely N-dealkylation sites (N-methyl/N-ethyl adjacent to an activating group) is 1. The second-order valence-corrected chi connectivity index (χ2v) is 10.2. The third-order valence-corrected chi connectivity index (χ3v) is 7.74. The molecule has 2 N–H and O–H groups in total. The molecule has 0 atom stereocenters. The first-order valence-corrected chi connectivity index (χ1v) is 12.5. The number of benzene rings is 2. The molecule has 1 fully saturated rings. The lowest BCUT2D eigenvalue weighted by atomic mass is 10.1. The molecule has 0 unspecified atom stereocenters. The third kappa shape index (κ3) is 6.98. The molecular formula is C22H25Cl5N4O4S. The zero-order valence-corrected chi connectivity index (χ0v) is 23.8. The van der Waals surface area contributed by atoms with Gasteiger partial charge in [0.1, 0.15) is 5.82 Å². The number of aromatic carboxylic acids is 1. The van der Waals surface area contributed by atoms with Crippen molar-refractivity contribution in [1.82, 2.24) is 9.88 Å². The van der Waals surface area contributed by atoms with Crippen molar-refractivity contribution in [2.24, 2.45) is 0 Å². The van der Waals surface area contributed by atoms with E-state index in [1.165, 1.54) is 24.3 Å². The molecule has 1 saturated heterocycles. The average Bonchev–Trinajstić information content (AvgIpc) is 2.79. The Morgan fingerprint density at radius 1 is 1.00 bits per heavy atom. The minimum Gasteiger partial charge on any atom is -0.478 e. The number of aromatic nitrogens is 1. The molecule has 1 aromatic heterocycles. The maximum Gasteiger partial charge on any atom is 0.336 e. The van der Waals surface area contributed by atoms with Crippen LogP contribution in [-0.4, -0.2) is 62.1 Å². The Kier molecular flexibility index (Phi) is 11.8. The number of hydrogen-bond donors (Lipinski definition) is 2. The summed E-state index contributed by atoms with van der Waals surface area (Å²) in [6.45, 7) is 6.36. The van der Waals surface area contributed by atoms with Gasteiger partial charge in [-0.05, 0) is 49.0 Å². The van der Waals surface area contributed by atoms with Gasteiger partial charge in [0.05, 0.1) is 26.0 Å². The van der Waals surface area contributed by atoms with Gasteiger partial charge >= 0.3 is 5.97 Å². The zero-order valence-electron chi connectivity index (χ0n) is 19.0. The van der Waals surface area contributed by atoms with E-state index < -0.39 is 16.0 Å². The highest BCUT2D eigenvalue weighted by Crippen LogP contribution is 2.29. The molecule has 1 aliphatic heterocycles. The van der Waals surface area contributed by atoms with E-state index in [0.29, 0.717) is 16.7 Å². The molecule has 0 amide bonds. The average molecular weight is 619 g/mol. The predicted molar refractivity (Wildman–Crippen MR) is 152 cm³/mol. The van der Waals surface area contributed by atoms with E-state index in [1.54, 1.807) is 18.2 Å². The highest BCUT2D eigenvalue weighted by molar-refractivity contribution is 7.92. The van der Waals surface area contributed by atoms with Crippen LogP contribution >= 0.6 is 60.4 Å². The van der Waals surface area contributed by atoms with Crippen LogP contribution in [0.2, 0.25) is 10.0 Å². The number of rotatable bonds is 6. The first kappa shape index (κ1) is 32.3. The summed E-state index contributed by atoms with van der Waals surface area (Å²) < 4.78 is 28.0. The topological polar surface area (TPSA) is 103 Å². The lowest BCUT2D eigenvalue weighted by molar-refractivity contribution is 0.0699. The Morgan fingerprint density at radius 3 is 2.25 bits per heavy atom. The van der Waals surface area contributed by atoms with Crippen molar-refractivity contribution < 1.29 is 18.3 Å². The lowest BCUT2D eigenvalue weighted by Gasteiger charge is -2.35. The van der Waals surface area contributed by atoms with Crippen molar-refractivity contribution in [3.05, 3.63) is 58.1 Å². The van der Waals surface area contributed by atoms with Crippen LogP contribution in [0.1, 0.15) is 17.3 Å². The van der Waals surface area contributed by atoms with Crippen molar-refractivity contribution in [2.45, 2.75) is 11.8 Å². The summed E-state index contributed by atoms with van der Waals surface area (Å²) >= 11 is 11.8. The third-order valence-electron chi connectivity index (χ3n) is 5.62. The molecule has 36 heavy (non-hydrogen) atoms. The SMILES string of the molecule is CCN1CCN(c2cc(C(=O)O)c3cc(NS(=O)(=O)c4ccc(Cl)c(Cl)c4)ccc3n2)CC1.Cl.Cl.Cl. The zero-order chi connectivity index (χ0) is 23.8. The number of carbonyl (C=O) groups is 1. The van der Waals surface area contributed by atoms with Crippen LogP contribution in [0.5, 0.6) is 0 Å². The van der Waals surface area contributed by atoms with E-state index in [1.807, 2.05) is 0 Å². The highest BCUT2D eigenvalue weighted by Gasteiger charge is 2.21. The van der Waals surface area contributed by atoms with Gasteiger partial charge in [0.15, 0.2) is 0 Å². The Labute approximate surface area is 238 Å². The summed E-state index contributed by atoms with van der Waals surface area (Å²) in [5.74, 6) is -0.514. The molecule has 4 rings (SSSR count). The van der Waals surface area contributed by atoms with Crippen LogP contribution in [0.4, 0.5) is 11.5 Å². The minimum atomic E-state index is -3.96. The van der Waals surface area contributed by atoms with Gasteiger partial charge < -0.3 is 14.9 Å². The number of piperazine rings is 1. The fraction of sp³-hybridized carbons (Fsp3) is 0.273. The van der Waals surface area contributed by atoms with Crippen LogP contribution in [0.15, 0.2) is 47.4 Å². The Hall–Kier alpha value is -1.72. The number of carboxylic acid groups (broad SMARTS) is 1. The molecular weight excluding hydrogens is 594 g/mol. The Bertz CT molecular complexity index is 1340. The summed E-state index contributed by atoms with van der Waals surface area (Å²) in [5, 5.41) is 10.5. The summed E-state index contributed by atoms with van der Waals surface area (Å²) in [6, 6.07) is 10.2. The van der Waals surface area contributed by atoms with Gasteiger partial charge in [-0.2, -0.15) is 0 Å². The van der Waals surface area contributed by atoms with Crippen molar-refractivity contribution >= 4 is 98.8 Å². The largest absolute Gasteiger partial charge is 0.478 e. The molecule has 0 aliphatic carbocycles. The van der Waals surface area contributed by atoms with Gasteiger partial charge in [-0.1, -0.05) is 30.1 Å². The number of fused-ring (bicyclic) bond motifs is 1. The number of pyridine rings is 1. The van der Waals surface area contributed by atoms with Crippen LogP contribution in [0, 0.1) is 0 Å². The smallest absolute Gasteiger partial charge is 0.336 e. The van der Waals surface area contributed by atoms with Gasteiger partial charge in [-0.15, -0.1) is 37.2 Å². The van der Waals surface area contributed by atoms with Crippen molar-refractivity contribution in [3.63, 3.8) is 0 Å². The van der Waals surface area contributed by atoms with E-state index in [9.17, 15) is 18.3 Å². The molecule has 14 heteroatoms. The first-order valence-electron chi connectivity index (χ1n) is 10.3. The van der Waals surface area contributed by atoms with Crippen LogP contribution < -0.4 is 9.62 Å². The summed E-state index contributed by atoms with van der Waals surface area (Å²) in [5.41, 5.74) is 0.742. The van der Waals surface area contributed by atoms with Crippen molar-refractivity contribution in [3.8, 4) is 0 Å². The predicted octanol–water partition coefficient (Wildman–Crippen LogP) is 5.45. The summed E-state index contributed by atoms with van der Waals surface area (Å²) in [6.07, 6.45) is 0. The molecule has 0 saturated carbocycles. The van der Waals surface area contributed by atoms with Crippen LogP contribution in [-0.2, 0) is 10.0 Å². The molecule has 0 spiro atoms. The second-order valence-electron chi connectivity index (χ2n) is 7.67. The molecule has 198 valence electrons. The van der Waals surface area contributed by atoms with E-state index in [4.69, 9.17) is 23.2 Å². The molecule has 2 heterocycles. The highest BCUT2D eigenvalue weighted by atomic mass is 35.5. The number of carboxylic acids is 1. The maximum absolute atomic E-state index is 12.8. The van der Waals surface area contributed by atoms with E-state index in [-0.39, 0.29) is 63.4 Å². The van der Waals surface area contributed by atoms with Gasteiger partial charge in [-0.25, -0.2) is 18.2 Å². The quantitative estimate of drug-likeness (QED) is 0.379. The lowest BCUT2D eigenvalue weighted by Crippen LogP contribution is -2.46. The molecule has 0 bridgehead atoms. The Balaban J connectivity index is 0.00000216. The number of hydrogen-bond acceptors (Lipinski definition) is 6. The first-order chi connectivity index (χ1) is 15.7. The second kappa shape index (κ2) is 13.2. The van der Waals surface area contributed by atoms with Crippen molar-refractivity contribution in [1.29, 1.82) is 0 Å². The van der Waals surface area contributed by atoms with Crippen LogP contribution in [0.3, 0.4) is 0 Å². The molecule has 1 aliphatic rings. The number of anilines is 2. The number of nitrogens with one attached hydrogen (secondary N) is 1. The maximum atomic E-state index is 12.8. The van der Waals surface area contributed by atoms with Gasteiger partial charge in [0.25, 0.3) is 10.0 Å². The fourth-order valence-corrected chi connectivity index (χ4v) is 5.20. The Morgan fingerprint density at radius 2 is 1.67 bits per heavy atom. The summed E-state index contributed by atoms with van der Waals surface area (Å²) in [4.78, 5) is 21.0. The van der Waals surface area contributed by atoms with E-state index >= 15 is 0 Å². The molecule has 2 aromatic carbocycles. The van der Waals surface area contributed by atoms with E-state index in [0.717, 1.165) is 32.7 Å². The standard InChI is InChI=1S/C22H22Cl2N4O4S.3ClH/c1-2-27-7-9-28(10-8-27)21-13-17(22(29)30)16-11-14(3-6-20(16)25-21)26-33(31,32)15-4-5-18(23)19(24)12-15;;;/h3-6,11-13,26H,2,7-10H2,1H3,(H,29,30);3*1H. The van der Waals surface area contributed by atoms with Gasteiger partial charge in [0.2, 0.25) is 0 Å². The number of sulfonamides is 1. The number of halogens is 5. The van der Waals surface area contributed by atoms with Gasteiger partial charge in [0, 0.05) is 37.3 Å². The normalized spacial score (nSPS) is 13.8. The fourth-order valence-electron chi connectivity index (χ4n) is 3.77. The molecule has 0 radical (unpaired) electrons. The monoisotopic (exact) mass is 616 g/mol. The van der Waals surface area contributed by atoms with E-state index in [2.05, 4.69) is 26.4 Å².